The molecule has 0 aliphatic rings. The van der Waals surface area contributed by atoms with E-state index in [2.05, 4.69) is 35.1 Å². The van der Waals surface area contributed by atoms with Crippen LogP contribution in [0, 0.1) is 6.92 Å². The lowest BCUT2D eigenvalue weighted by Crippen LogP contribution is -2.06. The molecule has 0 fully saturated rings. The molecule has 1 N–H and O–H groups in total. The molecule has 0 atom stereocenters. The van der Waals surface area contributed by atoms with E-state index in [0.29, 0.717) is 5.92 Å². The molecular weight excluding hydrogens is 242 g/mol. The number of amides is 1. The van der Waals surface area contributed by atoms with Crippen molar-refractivity contribution in [2.75, 3.05) is 5.32 Å². The monoisotopic (exact) mass is 255 g/mol. The second-order valence-electron chi connectivity index (χ2n) is 3.59. The van der Waals surface area contributed by atoms with Gasteiger partial charge in [-0.25, -0.2) is 0 Å². The predicted octanol–water partition coefficient (Wildman–Crippen LogP) is 4.05. The zero-order chi connectivity index (χ0) is 10.7. The van der Waals surface area contributed by atoms with Gasteiger partial charge in [0.1, 0.15) is 0 Å². The first-order chi connectivity index (χ1) is 6.52. The fourth-order valence-corrected chi connectivity index (χ4v) is 1.64. The molecule has 1 rings (SSSR count). The number of carbonyl (C=O) groups excluding carboxylic acids is 1. The third kappa shape index (κ3) is 2.58. The van der Waals surface area contributed by atoms with Crippen LogP contribution in [0.2, 0.25) is 0 Å². The lowest BCUT2D eigenvalue weighted by molar-refractivity contribution is 0.270. The predicted molar refractivity (Wildman–Crippen MR) is 63.2 cm³/mol. The first kappa shape index (κ1) is 11.2. The highest BCUT2D eigenvalue weighted by Gasteiger charge is 2.09. The number of carbonyl (C=O) groups is 1. The van der Waals surface area contributed by atoms with Crippen LogP contribution >= 0.6 is 15.9 Å². The van der Waals surface area contributed by atoms with Crippen molar-refractivity contribution < 1.29 is 4.79 Å². The fourth-order valence-electron chi connectivity index (χ4n) is 1.44. The van der Waals surface area contributed by atoms with Crippen molar-refractivity contribution in [2.45, 2.75) is 26.7 Å². The van der Waals surface area contributed by atoms with Crippen molar-refractivity contribution in [2.24, 2.45) is 0 Å². The van der Waals surface area contributed by atoms with Crippen LogP contribution in [0.15, 0.2) is 18.2 Å². The van der Waals surface area contributed by atoms with Gasteiger partial charge >= 0.3 is 0 Å². The summed E-state index contributed by atoms with van der Waals surface area (Å²) in [6.45, 7) is 6.21. The van der Waals surface area contributed by atoms with Gasteiger partial charge in [-0.2, -0.15) is 0 Å². The zero-order valence-electron chi connectivity index (χ0n) is 8.60. The van der Waals surface area contributed by atoms with Gasteiger partial charge in [-0.1, -0.05) is 32.0 Å². The third-order valence-electron chi connectivity index (χ3n) is 2.15. The van der Waals surface area contributed by atoms with Gasteiger partial charge in [0.2, 0.25) is 0 Å². The second-order valence-corrected chi connectivity index (χ2v) is 4.31. The van der Waals surface area contributed by atoms with E-state index < -0.39 is 0 Å². The van der Waals surface area contributed by atoms with E-state index in [1.807, 2.05) is 25.1 Å². The minimum atomic E-state index is -0.200. The summed E-state index contributed by atoms with van der Waals surface area (Å²) in [6, 6.07) is 6.04. The molecule has 14 heavy (non-hydrogen) atoms. The first-order valence-electron chi connectivity index (χ1n) is 4.58. The van der Waals surface area contributed by atoms with Crippen LogP contribution < -0.4 is 5.32 Å². The standard InChI is InChI=1S/C11H14BrNO/c1-7(2)9-6-4-5-8(3)10(9)13-11(12)14/h4-7H,1-3H3,(H,13,14). The minimum absolute atomic E-state index is 0.200. The van der Waals surface area contributed by atoms with Crippen LogP contribution in [-0.4, -0.2) is 4.82 Å². The number of aryl methyl sites for hydroxylation is 1. The molecule has 76 valence electrons. The largest absolute Gasteiger partial charge is 0.316 e. The van der Waals surface area contributed by atoms with Crippen LogP contribution in [0.3, 0.4) is 0 Å². The number of anilines is 1. The summed E-state index contributed by atoms with van der Waals surface area (Å²) in [6.07, 6.45) is 0. The quantitative estimate of drug-likeness (QED) is 0.627. The molecule has 0 saturated carbocycles. The molecule has 0 aliphatic carbocycles. The molecule has 0 heterocycles. The molecule has 0 aromatic heterocycles. The molecular formula is C11H14BrNO. The second kappa shape index (κ2) is 4.60. The summed E-state index contributed by atoms with van der Waals surface area (Å²) in [5, 5.41) is 2.80. The van der Waals surface area contributed by atoms with Gasteiger partial charge in [-0.05, 0) is 24.0 Å². The van der Waals surface area contributed by atoms with Crippen LogP contribution in [0.5, 0.6) is 0 Å². The number of para-hydroxylation sites is 1. The van der Waals surface area contributed by atoms with Gasteiger partial charge in [0, 0.05) is 21.6 Å². The SMILES string of the molecule is Cc1cccc(C(C)C)c1NC(=O)Br. The Morgan fingerprint density at radius 2 is 2.07 bits per heavy atom. The molecule has 0 bridgehead atoms. The van der Waals surface area contributed by atoms with Crippen LogP contribution in [0.1, 0.15) is 30.9 Å². The van der Waals surface area contributed by atoms with Gasteiger partial charge < -0.3 is 5.32 Å². The van der Waals surface area contributed by atoms with Gasteiger partial charge in [-0.3, -0.25) is 4.79 Å². The maximum Gasteiger partial charge on any atom is 0.291 e. The Balaban J connectivity index is 3.15. The molecule has 1 aromatic rings. The van der Waals surface area contributed by atoms with E-state index in [1.165, 1.54) is 0 Å². The van der Waals surface area contributed by atoms with E-state index in [0.717, 1.165) is 16.8 Å². The van der Waals surface area contributed by atoms with Crippen molar-refractivity contribution in [3.63, 3.8) is 0 Å². The molecule has 2 nitrogen and oxygen atoms in total. The molecule has 0 aliphatic heterocycles. The van der Waals surface area contributed by atoms with Crippen molar-refractivity contribution in [3.8, 4) is 0 Å². The number of halogens is 1. The summed E-state index contributed by atoms with van der Waals surface area (Å²) in [4.78, 5) is 10.7. The van der Waals surface area contributed by atoms with Crippen molar-refractivity contribution in [3.05, 3.63) is 29.3 Å². The minimum Gasteiger partial charge on any atom is -0.316 e. The third-order valence-corrected chi connectivity index (χ3v) is 2.35. The Bertz CT molecular complexity index is 347. The Hall–Kier alpha value is -0.830. The summed E-state index contributed by atoms with van der Waals surface area (Å²) < 4.78 is 0. The lowest BCUT2D eigenvalue weighted by atomic mass is 9.98. The molecule has 0 unspecified atom stereocenters. The number of benzene rings is 1. The fraction of sp³-hybridized carbons (Fsp3) is 0.364. The summed E-state index contributed by atoms with van der Waals surface area (Å²) >= 11 is 2.88. The Labute approximate surface area is 92.8 Å². The van der Waals surface area contributed by atoms with Crippen molar-refractivity contribution >= 4 is 26.4 Å². The highest BCUT2D eigenvalue weighted by molar-refractivity contribution is 9.18. The molecule has 1 amide bonds. The van der Waals surface area contributed by atoms with E-state index in [9.17, 15) is 4.79 Å². The zero-order valence-corrected chi connectivity index (χ0v) is 10.2. The molecule has 0 saturated heterocycles. The van der Waals surface area contributed by atoms with E-state index in [1.54, 1.807) is 0 Å². The number of rotatable bonds is 2. The number of nitrogens with one attached hydrogen (secondary N) is 1. The van der Waals surface area contributed by atoms with Gasteiger partial charge in [0.15, 0.2) is 0 Å². The summed E-state index contributed by atoms with van der Waals surface area (Å²) in [5.74, 6) is 0.407. The molecule has 0 radical (unpaired) electrons. The molecule has 0 spiro atoms. The van der Waals surface area contributed by atoms with Crippen molar-refractivity contribution in [1.82, 2.24) is 0 Å². The first-order valence-corrected chi connectivity index (χ1v) is 5.37. The van der Waals surface area contributed by atoms with E-state index in [-0.39, 0.29) is 4.82 Å². The average molecular weight is 256 g/mol. The summed E-state index contributed by atoms with van der Waals surface area (Å²) in [7, 11) is 0. The normalized spacial score (nSPS) is 10.4. The number of hydrogen-bond acceptors (Lipinski definition) is 1. The smallest absolute Gasteiger partial charge is 0.291 e. The van der Waals surface area contributed by atoms with Crippen LogP contribution in [0.4, 0.5) is 10.5 Å². The van der Waals surface area contributed by atoms with E-state index >= 15 is 0 Å². The molecule has 3 heteroatoms. The van der Waals surface area contributed by atoms with Crippen molar-refractivity contribution in [1.29, 1.82) is 0 Å². The number of hydrogen-bond donors (Lipinski definition) is 1. The van der Waals surface area contributed by atoms with Gasteiger partial charge in [-0.15, -0.1) is 0 Å². The lowest BCUT2D eigenvalue weighted by Gasteiger charge is -2.14. The topological polar surface area (TPSA) is 29.1 Å². The highest BCUT2D eigenvalue weighted by atomic mass is 79.9. The average Bonchev–Trinajstić information content (AvgIpc) is 2.07. The van der Waals surface area contributed by atoms with E-state index in [4.69, 9.17) is 0 Å². The Kier molecular flexibility index (Phi) is 3.69. The Morgan fingerprint density at radius 3 is 2.57 bits per heavy atom. The van der Waals surface area contributed by atoms with Crippen LogP contribution in [-0.2, 0) is 0 Å². The molecule has 1 aromatic carbocycles. The van der Waals surface area contributed by atoms with Gasteiger partial charge in [0.05, 0.1) is 0 Å². The van der Waals surface area contributed by atoms with Gasteiger partial charge in [0.25, 0.3) is 4.82 Å². The Morgan fingerprint density at radius 1 is 1.43 bits per heavy atom. The van der Waals surface area contributed by atoms with Crippen LogP contribution in [0.25, 0.3) is 0 Å². The maximum atomic E-state index is 10.9. The summed E-state index contributed by atoms with van der Waals surface area (Å²) in [5.41, 5.74) is 3.17. The maximum absolute atomic E-state index is 10.9. The highest BCUT2D eigenvalue weighted by Crippen LogP contribution is 2.27.